The molecule has 0 aliphatic heterocycles. The topological polar surface area (TPSA) is 78.7 Å². The number of halogens is 1. The number of aromatic nitrogens is 4. The van der Waals surface area contributed by atoms with Crippen molar-refractivity contribution in [2.24, 2.45) is 19.8 Å². The lowest BCUT2D eigenvalue weighted by molar-refractivity contribution is 0.594. The fourth-order valence-electron chi connectivity index (χ4n) is 4.50. The first-order valence-electron chi connectivity index (χ1n) is 10.9. The van der Waals surface area contributed by atoms with Gasteiger partial charge in [-0.15, -0.1) is 0 Å². The Morgan fingerprint density at radius 2 is 1.74 bits per heavy atom. The monoisotopic (exact) mass is 561 g/mol. The normalized spacial score (nSPS) is 13.2. The van der Waals surface area contributed by atoms with Crippen molar-refractivity contribution >= 4 is 33.6 Å². The summed E-state index contributed by atoms with van der Waals surface area (Å²) in [5, 5.41) is 0.868. The molecular weight excluding hydrogens is 537 g/mol. The Morgan fingerprint density at radius 3 is 2.41 bits per heavy atom. The molecule has 0 aliphatic rings. The highest BCUT2D eigenvalue weighted by Crippen LogP contribution is 2.36. The molecule has 34 heavy (non-hydrogen) atoms. The van der Waals surface area contributed by atoms with Gasteiger partial charge in [0.15, 0.2) is 0 Å². The maximum absolute atomic E-state index is 12.8. The molecule has 1 atom stereocenters. The molecule has 0 bridgehead atoms. The van der Waals surface area contributed by atoms with Crippen molar-refractivity contribution < 1.29 is 0 Å². The van der Waals surface area contributed by atoms with E-state index in [4.69, 9.17) is 10.7 Å². The number of hydrogen-bond donors (Lipinski definition) is 1. The minimum atomic E-state index is -0.991. The second-order valence-electron chi connectivity index (χ2n) is 8.62. The molecule has 5 rings (SSSR count). The van der Waals surface area contributed by atoms with E-state index in [1.54, 1.807) is 36.4 Å². The first kappa shape index (κ1) is 22.5. The Labute approximate surface area is 211 Å². The molecule has 6 nitrogen and oxygen atoms in total. The van der Waals surface area contributed by atoms with E-state index in [2.05, 4.69) is 39.7 Å². The van der Waals surface area contributed by atoms with E-state index >= 15 is 0 Å². The molecular formula is C27H24IN5O. The molecule has 0 radical (unpaired) electrons. The standard InChI is InChI=1S/C27H24IN5O/c1-17-5-4-6-18(11-17)22-13-25(34)33(3)26-23(22)12-20(14-31-26)27(29,24-15-30-16-32(24)2)19-7-9-21(28)10-8-19/h4-16H,29H2,1-3H3/t27-/m1/s1. The van der Waals surface area contributed by atoms with Gasteiger partial charge in [0, 0.05) is 40.9 Å². The van der Waals surface area contributed by atoms with Gasteiger partial charge in [0.1, 0.15) is 11.2 Å². The number of benzene rings is 2. The maximum atomic E-state index is 12.8. The summed E-state index contributed by atoms with van der Waals surface area (Å²) in [7, 11) is 3.68. The van der Waals surface area contributed by atoms with Gasteiger partial charge in [-0.3, -0.25) is 9.36 Å². The van der Waals surface area contributed by atoms with Gasteiger partial charge in [-0.1, -0.05) is 42.0 Å². The van der Waals surface area contributed by atoms with Crippen LogP contribution in [0.25, 0.3) is 22.2 Å². The zero-order valence-corrected chi connectivity index (χ0v) is 21.3. The zero-order chi connectivity index (χ0) is 24.0. The van der Waals surface area contributed by atoms with Crippen LogP contribution in [0.2, 0.25) is 0 Å². The third-order valence-electron chi connectivity index (χ3n) is 6.38. The van der Waals surface area contributed by atoms with Crippen LogP contribution in [0.5, 0.6) is 0 Å². The summed E-state index contributed by atoms with van der Waals surface area (Å²) < 4.78 is 4.64. The molecule has 2 aromatic carbocycles. The quantitative estimate of drug-likeness (QED) is 0.328. The Morgan fingerprint density at radius 1 is 0.971 bits per heavy atom. The van der Waals surface area contributed by atoms with E-state index in [9.17, 15) is 4.79 Å². The van der Waals surface area contributed by atoms with Gasteiger partial charge in [0.2, 0.25) is 0 Å². The summed E-state index contributed by atoms with van der Waals surface area (Å²) in [5.74, 6) is 0. The second kappa shape index (κ2) is 8.48. The lowest BCUT2D eigenvalue weighted by Gasteiger charge is -2.31. The smallest absolute Gasteiger partial charge is 0.252 e. The van der Waals surface area contributed by atoms with Crippen molar-refractivity contribution in [3.05, 3.63) is 116 Å². The third-order valence-corrected chi connectivity index (χ3v) is 7.10. The van der Waals surface area contributed by atoms with E-state index in [0.29, 0.717) is 5.65 Å². The van der Waals surface area contributed by atoms with Crippen LogP contribution in [0.4, 0.5) is 0 Å². The zero-order valence-electron chi connectivity index (χ0n) is 19.2. The number of nitrogens with two attached hydrogens (primary N) is 1. The molecule has 2 N–H and O–H groups in total. The molecule has 0 amide bonds. The second-order valence-corrected chi connectivity index (χ2v) is 9.87. The number of hydrogen-bond acceptors (Lipinski definition) is 4. The van der Waals surface area contributed by atoms with Crippen molar-refractivity contribution in [3.8, 4) is 11.1 Å². The van der Waals surface area contributed by atoms with E-state index in [-0.39, 0.29) is 5.56 Å². The van der Waals surface area contributed by atoms with Crippen LogP contribution in [-0.4, -0.2) is 19.1 Å². The highest BCUT2D eigenvalue weighted by molar-refractivity contribution is 14.1. The SMILES string of the molecule is Cc1cccc(-c2cc(=O)n(C)c3ncc([C@](N)(c4ccc(I)cc4)c4cncn4C)cc23)c1. The Bertz CT molecular complexity index is 1590. The Kier molecular flexibility index (Phi) is 5.61. The molecule has 3 aromatic heterocycles. The summed E-state index contributed by atoms with van der Waals surface area (Å²) in [6, 6.07) is 20.1. The molecule has 0 spiro atoms. The largest absolute Gasteiger partial charge is 0.336 e. The molecule has 7 heteroatoms. The summed E-state index contributed by atoms with van der Waals surface area (Å²) in [6.45, 7) is 2.04. The number of imidazole rings is 1. The number of rotatable bonds is 4. The van der Waals surface area contributed by atoms with Gasteiger partial charge in [0.05, 0.1) is 18.2 Å². The van der Waals surface area contributed by atoms with Crippen LogP contribution in [0.15, 0.2) is 84.2 Å². The fraction of sp³-hybridized carbons (Fsp3) is 0.148. The van der Waals surface area contributed by atoms with E-state index in [1.165, 1.54) is 0 Å². The lowest BCUT2D eigenvalue weighted by atomic mass is 9.81. The van der Waals surface area contributed by atoms with Crippen molar-refractivity contribution in [2.45, 2.75) is 12.5 Å². The maximum Gasteiger partial charge on any atom is 0.252 e. The minimum absolute atomic E-state index is 0.104. The summed E-state index contributed by atoms with van der Waals surface area (Å²) in [6.07, 6.45) is 5.32. The van der Waals surface area contributed by atoms with Gasteiger partial charge in [0.25, 0.3) is 5.56 Å². The number of pyridine rings is 2. The fourth-order valence-corrected chi connectivity index (χ4v) is 4.86. The molecule has 5 aromatic rings. The van der Waals surface area contributed by atoms with Crippen molar-refractivity contribution in [1.82, 2.24) is 19.1 Å². The van der Waals surface area contributed by atoms with Crippen LogP contribution in [-0.2, 0) is 19.6 Å². The van der Waals surface area contributed by atoms with Crippen LogP contribution >= 0.6 is 22.6 Å². The van der Waals surface area contributed by atoms with Crippen LogP contribution in [0.3, 0.4) is 0 Å². The molecule has 0 fully saturated rings. The molecule has 0 unspecified atom stereocenters. The summed E-state index contributed by atoms with van der Waals surface area (Å²) in [4.78, 5) is 21.9. The Balaban J connectivity index is 1.84. The lowest BCUT2D eigenvalue weighted by Crippen LogP contribution is -2.41. The van der Waals surface area contributed by atoms with E-state index < -0.39 is 5.54 Å². The van der Waals surface area contributed by atoms with E-state index in [0.717, 1.165) is 42.5 Å². The minimum Gasteiger partial charge on any atom is -0.336 e. The molecule has 0 saturated heterocycles. The molecule has 0 aliphatic carbocycles. The predicted octanol–water partition coefficient (Wildman–Crippen LogP) is 4.50. The third kappa shape index (κ3) is 3.65. The molecule has 0 saturated carbocycles. The van der Waals surface area contributed by atoms with Crippen molar-refractivity contribution in [1.29, 1.82) is 0 Å². The highest BCUT2D eigenvalue weighted by atomic mass is 127. The van der Waals surface area contributed by atoms with Gasteiger partial charge in [-0.2, -0.15) is 0 Å². The first-order chi connectivity index (χ1) is 16.3. The average molecular weight is 561 g/mol. The number of aryl methyl sites for hydroxylation is 3. The first-order valence-corrected chi connectivity index (χ1v) is 12.0. The summed E-state index contributed by atoms with van der Waals surface area (Å²) in [5.41, 5.74) is 12.3. The molecule has 3 heterocycles. The van der Waals surface area contributed by atoms with Crippen molar-refractivity contribution in [3.63, 3.8) is 0 Å². The van der Waals surface area contributed by atoms with Gasteiger partial charge < -0.3 is 10.3 Å². The average Bonchev–Trinajstić information content (AvgIpc) is 3.27. The number of fused-ring (bicyclic) bond motifs is 1. The Hall–Kier alpha value is -3.30. The highest BCUT2D eigenvalue weighted by Gasteiger charge is 2.35. The van der Waals surface area contributed by atoms with Crippen LogP contribution in [0, 0.1) is 10.5 Å². The van der Waals surface area contributed by atoms with Gasteiger partial charge in [-0.05, 0) is 64.4 Å². The molecule has 170 valence electrons. The number of nitrogens with zero attached hydrogens (tertiary/aromatic N) is 4. The van der Waals surface area contributed by atoms with Crippen molar-refractivity contribution in [2.75, 3.05) is 0 Å². The van der Waals surface area contributed by atoms with Gasteiger partial charge in [-0.25, -0.2) is 9.97 Å². The van der Waals surface area contributed by atoms with Crippen LogP contribution < -0.4 is 11.3 Å². The summed E-state index contributed by atoms with van der Waals surface area (Å²) >= 11 is 2.29. The van der Waals surface area contributed by atoms with Gasteiger partial charge >= 0.3 is 0 Å². The van der Waals surface area contributed by atoms with Crippen LogP contribution in [0.1, 0.15) is 22.4 Å². The predicted molar refractivity (Wildman–Crippen MR) is 144 cm³/mol. The van der Waals surface area contributed by atoms with E-state index in [1.807, 2.05) is 61.0 Å².